The van der Waals surface area contributed by atoms with E-state index in [-0.39, 0.29) is 10.7 Å². The zero-order chi connectivity index (χ0) is 20.0. The van der Waals surface area contributed by atoms with Crippen molar-refractivity contribution in [2.24, 2.45) is 0 Å². The first-order valence-electron chi connectivity index (χ1n) is 9.22. The van der Waals surface area contributed by atoms with Crippen LogP contribution in [0.15, 0.2) is 53.4 Å². The number of fused-ring (bicyclic) bond motifs is 1. The van der Waals surface area contributed by atoms with Crippen LogP contribution in [0, 0.1) is 0 Å². The Bertz CT molecular complexity index is 1060. The van der Waals surface area contributed by atoms with Crippen LogP contribution in [0.5, 0.6) is 0 Å². The standard InChI is InChI=1S/C20H22ClN4O2S/c1-2-3-4-7-13-22-19-20(24-18-12-6-5-11-17(18)23-19)25-28(26,27)16-10-8-9-15(21)14-16/h5-6,8-12,14H,2-4,7,13H2,1H3,(H-,22,23,24,25)/q-1. The summed E-state index contributed by atoms with van der Waals surface area (Å²) in [6, 6.07) is 13.4. The number of nitrogens with zero attached hydrogens (tertiary/aromatic N) is 3. The second-order valence-electron chi connectivity index (χ2n) is 6.39. The Hall–Kier alpha value is -2.38. The summed E-state index contributed by atoms with van der Waals surface area (Å²) in [7, 11) is -3.86. The van der Waals surface area contributed by atoms with Crippen LogP contribution in [0.1, 0.15) is 32.6 Å². The fourth-order valence-corrected chi connectivity index (χ4v) is 4.02. The van der Waals surface area contributed by atoms with Crippen LogP contribution in [0.2, 0.25) is 5.02 Å². The Kier molecular flexibility index (Phi) is 6.70. The minimum atomic E-state index is -3.86. The fraction of sp³-hybridized carbons (Fsp3) is 0.300. The molecule has 0 aliphatic heterocycles. The van der Waals surface area contributed by atoms with Gasteiger partial charge in [0, 0.05) is 5.02 Å². The zero-order valence-corrected chi connectivity index (χ0v) is 17.2. The molecular weight excluding hydrogens is 396 g/mol. The number of rotatable bonds is 9. The monoisotopic (exact) mass is 417 g/mol. The molecule has 2 aromatic carbocycles. The summed E-state index contributed by atoms with van der Waals surface area (Å²) >= 11 is 5.93. The molecule has 6 nitrogen and oxygen atoms in total. The summed E-state index contributed by atoms with van der Waals surface area (Å²) in [4.78, 5) is 9.01. The molecule has 8 heteroatoms. The molecule has 0 saturated carbocycles. The zero-order valence-electron chi connectivity index (χ0n) is 15.6. The molecule has 148 valence electrons. The third-order valence-electron chi connectivity index (χ3n) is 4.16. The van der Waals surface area contributed by atoms with E-state index >= 15 is 0 Å². The molecule has 3 aromatic rings. The molecule has 28 heavy (non-hydrogen) atoms. The number of nitrogens with one attached hydrogen (secondary N) is 1. The number of sulfonamides is 1. The molecule has 0 aliphatic rings. The minimum absolute atomic E-state index is 0.0591. The largest absolute Gasteiger partial charge is 0.463 e. The molecule has 0 bridgehead atoms. The minimum Gasteiger partial charge on any atom is -0.463 e. The van der Waals surface area contributed by atoms with Gasteiger partial charge in [-0.25, -0.2) is 13.4 Å². The molecule has 0 amide bonds. The lowest BCUT2D eigenvalue weighted by Crippen LogP contribution is -2.14. The van der Waals surface area contributed by atoms with Crippen LogP contribution in [0.3, 0.4) is 0 Å². The van der Waals surface area contributed by atoms with E-state index < -0.39 is 10.0 Å². The van der Waals surface area contributed by atoms with Crippen LogP contribution in [-0.4, -0.2) is 24.9 Å². The van der Waals surface area contributed by atoms with Gasteiger partial charge in [-0.05, 0) is 35.6 Å². The first kappa shape index (κ1) is 20.4. The Morgan fingerprint density at radius 3 is 2.46 bits per heavy atom. The Morgan fingerprint density at radius 2 is 1.75 bits per heavy atom. The van der Waals surface area contributed by atoms with Gasteiger partial charge in [0.25, 0.3) is 10.0 Å². The highest BCUT2D eigenvalue weighted by molar-refractivity contribution is 7.92. The Balaban J connectivity index is 1.90. The van der Waals surface area contributed by atoms with Crippen LogP contribution in [0.25, 0.3) is 16.4 Å². The van der Waals surface area contributed by atoms with Gasteiger partial charge in [0.15, 0.2) is 0 Å². The number of benzene rings is 2. The summed E-state index contributed by atoms with van der Waals surface area (Å²) in [6.07, 6.45) is 4.28. The summed E-state index contributed by atoms with van der Waals surface area (Å²) in [5.41, 5.74) is 1.26. The molecular formula is C20H22ClN4O2S-. The van der Waals surface area contributed by atoms with E-state index in [9.17, 15) is 8.42 Å². The van der Waals surface area contributed by atoms with Crippen molar-refractivity contribution < 1.29 is 8.42 Å². The lowest BCUT2D eigenvalue weighted by molar-refractivity contribution is 0.601. The predicted octanol–water partition coefficient (Wildman–Crippen LogP) is 5.67. The maximum atomic E-state index is 12.8. The lowest BCUT2D eigenvalue weighted by Gasteiger charge is -2.21. The highest BCUT2D eigenvalue weighted by Gasteiger charge is 2.16. The fourth-order valence-electron chi connectivity index (χ4n) is 2.71. The highest BCUT2D eigenvalue weighted by Crippen LogP contribution is 2.30. The van der Waals surface area contributed by atoms with Crippen LogP contribution in [-0.2, 0) is 10.0 Å². The average molecular weight is 418 g/mol. The van der Waals surface area contributed by atoms with E-state index in [1.165, 1.54) is 12.1 Å². The summed E-state index contributed by atoms with van der Waals surface area (Å²) in [6.45, 7) is 2.72. The van der Waals surface area contributed by atoms with E-state index in [1.807, 2.05) is 18.2 Å². The van der Waals surface area contributed by atoms with Gasteiger partial charge >= 0.3 is 0 Å². The van der Waals surface area contributed by atoms with Crippen molar-refractivity contribution in [3.8, 4) is 0 Å². The van der Waals surface area contributed by atoms with Crippen molar-refractivity contribution in [1.29, 1.82) is 0 Å². The lowest BCUT2D eigenvalue weighted by atomic mass is 10.2. The number of anilines is 1. The molecule has 1 heterocycles. The van der Waals surface area contributed by atoms with Gasteiger partial charge in [0.2, 0.25) is 0 Å². The second-order valence-corrected chi connectivity index (χ2v) is 8.51. The maximum Gasteiger partial charge on any atom is 0.263 e. The van der Waals surface area contributed by atoms with E-state index in [1.54, 1.807) is 18.2 Å². The summed E-state index contributed by atoms with van der Waals surface area (Å²) < 4.78 is 28.1. The van der Waals surface area contributed by atoms with Gasteiger partial charge in [0.05, 0.1) is 10.4 Å². The van der Waals surface area contributed by atoms with Crippen molar-refractivity contribution in [1.82, 2.24) is 9.97 Å². The first-order chi connectivity index (χ1) is 13.5. The molecule has 0 fully saturated rings. The highest BCUT2D eigenvalue weighted by atomic mass is 35.5. The van der Waals surface area contributed by atoms with Crippen LogP contribution >= 0.6 is 11.6 Å². The molecule has 1 N–H and O–H groups in total. The maximum absolute atomic E-state index is 12.8. The number of hydrogen-bond donors (Lipinski definition) is 1. The molecule has 0 unspecified atom stereocenters. The number of unbranched alkanes of at least 4 members (excludes halogenated alkanes) is 3. The van der Waals surface area contributed by atoms with Crippen molar-refractivity contribution in [2.45, 2.75) is 37.5 Å². The van der Waals surface area contributed by atoms with E-state index in [0.717, 1.165) is 25.7 Å². The quantitative estimate of drug-likeness (QED) is 0.454. The second kappa shape index (κ2) is 9.21. The number of aromatic nitrogens is 2. The summed E-state index contributed by atoms with van der Waals surface area (Å²) in [5.74, 6) is 0.412. The van der Waals surface area contributed by atoms with Crippen molar-refractivity contribution in [2.75, 3.05) is 11.3 Å². The van der Waals surface area contributed by atoms with Gasteiger partial charge in [-0.2, -0.15) is 0 Å². The van der Waals surface area contributed by atoms with Gasteiger partial charge in [-0.15, -0.1) is 0 Å². The predicted molar refractivity (Wildman–Crippen MR) is 114 cm³/mol. The molecule has 0 saturated heterocycles. The molecule has 3 rings (SSSR count). The third kappa shape index (κ3) is 5.11. The van der Waals surface area contributed by atoms with Crippen molar-refractivity contribution >= 4 is 44.3 Å². The number of para-hydroxylation sites is 2. The normalized spacial score (nSPS) is 11.5. The first-order valence-corrected chi connectivity index (χ1v) is 11.1. The topological polar surface area (TPSA) is 86.1 Å². The number of halogens is 1. The van der Waals surface area contributed by atoms with Crippen LogP contribution in [0.4, 0.5) is 11.6 Å². The molecule has 0 radical (unpaired) electrons. The average Bonchev–Trinajstić information content (AvgIpc) is 2.68. The van der Waals surface area contributed by atoms with Gasteiger partial charge in [-0.1, -0.05) is 75.0 Å². The molecule has 0 spiro atoms. The third-order valence-corrected chi connectivity index (χ3v) is 5.73. The van der Waals surface area contributed by atoms with Crippen molar-refractivity contribution in [3.05, 3.63) is 58.9 Å². The van der Waals surface area contributed by atoms with E-state index in [0.29, 0.717) is 28.4 Å². The molecule has 1 aromatic heterocycles. The van der Waals surface area contributed by atoms with Gasteiger partial charge < -0.3 is 10.3 Å². The Labute approximate surface area is 170 Å². The van der Waals surface area contributed by atoms with Gasteiger partial charge in [-0.3, -0.25) is 4.72 Å². The molecule has 0 aliphatic carbocycles. The number of hydrogen-bond acceptors (Lipinski definition) is 4. The SMILES string of the molecule is CCCCCC[N-]c1nc2ccccc2nc1NS(=O)(=O)c1cccc(Cl)c1. The molecule has 0 atom stereocenters. The van der Waals surface area contributed by atoms with E-state index in [4.69, 9.17) is 11.6 Å². The summed E-state index contributed by atoms with van der Waals surface area (Å²) in [5, 5.41) is 4.84. The van der Waals surface area contributed by atoms with Crippen LogP contribution < -0.4 is 4.72 Å². The van der Waals surface area contributed by atoms with E-state index in [2.05, 4.69) is 26.9 Å². The van der Waals surface area contributed by atoms with Crippen molar-refractivity contribution in [3.63, 3.8) is 0 Å². The Morgan fingerprint density at radius 1 is 1.00 bits per heavy atom. The van der Waals surface area contributed by atoms with Gasteiger partial charge in [0.1, 0.15) is 5.82 Å². The smallest absolute Gasteiger partial charge is 0.263 e.